The molecule has 1 saturated heterocycles. The summed E-state index contributed by atoms with van der Waals surface area (Å²) in [5, 5.41) is 2.07. The van der Waals surface area contributed by atoms with Crippen LogP contribution in [-0.4, -0.2) is 24.4 Å². The molecule has 0 N–H and O–H groups in total. The minimum Gasteiger partial charge on any atom is -0.497 e. The van der Waals surface area contributed by atoms with Gasteiger partial charge in [0.1, 0.15) is 17.3 Å². The zero-order chi connectivity index (χ0) is 18.6. The molecule has 140 valence electrons. The molecular weight excluding hydrogens is 363 g/mol. The molecular formula is C21H21FN2O2S. The van der Waals surface area contributed by atoms with E-state index in [9.17, 15) is 4.39 Å². The van der Waals surface area contributed by atoms with Crippen molar-refractivity contribution < 1.29 is 13.9 Å². The number of halogens is 1. The van der Waals surface area contributed by atoms with Crippen LogP contribution in [0.1, 0.15) is 12.8 Å². The van der Waals surface area contributed by atoms with Gasteiger partial charge in [0, 0.05) is 12.0 Å². The summed E-state index contributed by atoms with van der Waals surface area (Å²) in [4.78, 5) is 5.35. The number of para-hydroxylation sites is 1. The minimum atomic E-state index is -0.319. The van der Waals surface area contributed by atoms with Crippen LogP contribution >= 0.6 is 11.3 Å². The topological polar surface area (TPSA) is 35.8 Å². The quantitative estimate of drug-likeness (QED) is 0.635. The van der Waals surface area contributed by atoms with Crippen molar-refractivity contribution in [2.45, 2.75) is 25.5 Å². The third-order valence-corrected chi connectivity index (χ3v) is 5.53. The number of methoxy groups -OCH3 is 1. The lowest BCUT2D eigenvalue weighted by molar-refractivity contribution is 0.0968. The molecule has 2 heterocycles. The first-order valence-electron chi connectivity index (χ1n) is 8.98. The first kappa shape index (κ1) is 17.9. The molecule has 0 saturated carbocycles. The number of nitrogens with zero attached hydrogens (tertiary/aromatic N) is 2. The zero-order valence-corrected chi connectivity index (χ0v) is 15.9. The van der Waals surface area contributed by atoms with E-state index < -0.39 is 0 Å². The fourth-order valence-electron chi connectivity index (χ4n) is 3.23. The van der Waals surface area contributed by atoms with E-state index in [2.05, 4.69) is 14.9 Å². The van der Waals surface area contributed by atoms with Crippen molar-refractivity contribution in [3.63, 3.8) is 0 Å². The Labute approximate surface area is 161 Å². The molecule has 4 rings (SSSR count). The van der Waals surface area contributed by atoms with Crippen molar-refractivity contribution >= 4 is 17.0 Å². The Morgan fingerprint density at radius 1 is 1.22 bits per heavy atom. The smallest absolute Gasteiger partial charge is 0.190 e. The van der Waals surface area contributed by atoms with Crippen molar-refractivity contribution in [3.05, 3.63) is 64.5 Å². The van der Waals surface area contributed by atoms with E-state index in [-0.39, 0.29) is 11.9 Å². The molecule has 0 spiro atoms. The van der Waals surface area contributed by atoms with Gasteiger partial charge >= 0.3 is 0 Å². The predicted octanol–water partition coefficient (Wildman–Crippen LogP) is 4.78. The summed E-state index contributed by atoms with van der Waals surface area (Å²) in [5.41, 5.74) is 2.47. The summed E-state index contributed by atoms with van der Waals surface area (Å²) in [6.45, 7) is 1.51. The largest absolute Gasteiger partial charge is 0.497 e. The number of ether oxygens (including phenoxy) is 2. The van der Waals surface area contributed by atoms with Gasteiger partial charge in [-0.05, 0) is 54.8 Å². The van der Waals surface area contributed by atoms with Crippen molar-refractivity contribution in [1.82, 2.24) is 4.57 Å². The summed E-state index contributed by atoms with van der Waals surface area (Å²) in [6, 6.07) is 14.5. The van der Waals surface area contributed by atoms with E-state index in [1.54, 1.807) is 25.3 Å². The number of thiazole rings is 1. The highest BCUT2D eigenvalue weighted by molar-refractivity contribution is 7.07. The van der Waals surface area contributed by atoms with Crippen molar-refractivity contribution in [1.29, 1.82) is 0 Å². The van der Waals surface area contributed by atoms with Crippen LogP contribution in [0, 0.1) is 5.82 Å². The average Bonchev–Trinajstić information content (AvgIpc) is 3.35. The van der Waals surface area contributed by atoms with Crippen LogP contribution in [0.25, 0.3) is 11.3 Å². The number of hydrogen-bond donors (Lipinski definition) is 0. The molecule has 2 aromatic carbocycles. The second kappa shape index (κ2) is 8.06. The van der Waals surface area contributed by atoms with E-state index in [0.29, 0.717) is 12.2 Å². The lowest BCUT2D eigenvalue weighted by Crippen LogP contribution is -2.24. The zero-order valence-electron chi connectivity index (χ0n) is 15.1. The molecule has 3 aromatic rings. The van der Waals surface area contributed by atoms with E-state index in [0.717, 1.165) is 41.3 Å². The highest BCUT2D eigenvalue weighted by atomic mass is 32.1. The lowest BCUT2D eigenvalue weighted by Gasteiger charge is -2.14. The van der Waals surface area contributed by atoms with Crippen LogP contribution in [0.2, 0.25) is 0 Å². The summed E-state index contributed by atoms with van der Waals surface area (Å²) >= 11 is 1.51. The maximum atomic E-state index is 14.1. The first-order chi connectivity index (χ1) is 13.2. The Morgan fingerprint density at radius 2 is 2.04 bits per heavy atom. The molecule has 0 amide bonds. The van der Waals surface area contributed by atoms with Gasteiger partial charge < -0.3 is 14.0 Å². The highest BCUT2D eigenvalue weighted by Crippen LogP contribution is 2.25. The van der Waals surface area contributed by atoms with E-state index in [1.807, 2.05) is 24.3 Å². The Kier molecular flexibility index (Phi) is 5.36. The Hall–Kier alpha value is -2.44. The molecule has 1 fully saturated rings. The molecule has 0 bridgehead atoms. The van der Waals surface area contributed by atoms with Crippen molar-refractivity contribution in [2.24, 2.45) is 4.99 Å². The monoisotopic (exact) mass is 384 g/mol. The van der Waals surface area contributed by atoms with Gasteiger partial charge in [-0.15, -0.1) is 11.3 Å². The fourth-order valence-corrected chi connectivity index (χ4v) is 4.16. The van der Waals surface area contributed by atoms with Gasteiger partial charge in [-0.3, -0.25) is 0 Å². The maximum absolute atomic E-state index is 14.1. The first-order valence-corrected chi connectivity index (χ1v) is 9.86. The third kappa shape index (κ3) is 3.96. The number of aromatic nitrogens is 1. The molecule has 27 heavy (non-hydrogen) atoms. The summed E-state index contributed by atoms with van der Waals surface area (Å²) in [7, 11) is 1.66. The standard InChI is InChI=1S/C21H21FN2O2S/c1-25-16-10-8-15(9-11-16)20-14-27-21(23-19-7-3-2-6-18(19)22)24(20)13-17-5-4-12-26-17/h2-3,6-11,14,17H,4-5,12-13H2,1H3. The summed E-state index contributed by atoms with van der Waals surface area (Å²) in [6.07, 6.45) is 2.27. The second-order valence-electron chi connectivity index (χ2n) is 6.44. The average molecular weight is 384 g/mol. The van der Waals surface area contributed by atoms with Gasteiger partial charge in [0.15, 0.2) is 4.80 Å². The Morgan fingerprint density at radius 3 is 2.74 bits per heavy atom. The second-order valence-corrected chi connectivity index (χ2v) is 7.28. The van der Waals surface area contributed by atoms with Crippen LogP contribution < -0.4 is 9.54 Å². The molecule has 4 nitrogen and oxygen atoms in total. The predicted molar refractivity (Wildman–Crippen MR) is 105 cm³/mol. The van der Waals surface area contributed by atoms with E-state index in [4.69, 9.17) is 9.47 Å². The molecule has 1 aliphatic heterocycles. The third-order valence-electron chi connectivity index (χ3n) is 4.66. The molecule has 1 aromatic heterocycles. The molecule has 0 aliphatic carbocycles. The van der Waals surface area contributed by atoms with Gasteiger partial charge in [-0.2, -0.15) is 0 Å². The fraction of sp³-hybridized carbons (Fsp3) is 0.286. The molecule has 0 radical (unpaired) electrons. The molecule has 6 heteroatoms. The number of benzene rings is 2. The SMILES string of the molecule is COc1ccc(-c2csc(=Nc3ccccc3F)n2CC2CCCO2)cc1. The van der Waals surface area contributed by atoms with Gasteiger partial charge in [0.2, 0.25) is 0 Å². The summed E-state index contributed by atoms with van der Waals surface area (Å²) < 4.78 is 27.3. The van der Waals surface area contributed by atoms with E-state index >= 15 is 0 Å². The van der Waals surface area contributed by atoms with Crippen LogP contribution in [0.4, 0.5) is 10.1 Å². The van der Waals surface area contributed by atoms with Crippen LogP contribution in [0.15, 0.2) is 58.9 Å². The maximum Gasteiger partial charge on any atom is 0.190 e. The Balaban J connectivity index is 1.79. The minimum absolute atomic E-state index is 0.163. The van der Waals surface area contributed by atoms with Crippen LogP contribution in [-0.2, 0) is 11.3 Å². The number of rotatable bonds is 5. The van der Waals surface area contributed by atoms with Crippen molar-refractivity contribution in [2.75, 3.05) is 13.7 Å². The molecule has 1 atom stereocenters. The summed E-state index contributed by atoms with van der Waals surface area (Å²) in [5.74, 6) is 0.497. The lowest BCUT2D eigenvalue weighted by atomic mass is 10.1. The van der Waals surface area contributed by atoms with Crippen molar-refractivity contribution in [3.8, 4) is 17.0 Å². The van der Waals surface area contributed by atoms with Gasteiger partial charge in [0.25, 0.3) is 0 Å². The van der Waals surface area contributed by atoms with Gasteiger partial charge in [-0.25, -0.2) is 9.38 Å². The molecule has 1 aliphatic rings. The van der Waals surface area contributed by atoms with Gasteiger partial charge in [-0.1, -0.05) is 12.1 Å². The van der Waals surface area contributed by atoms with Crippen LogP contribution in [0.5, 0.6) is 5.75 Å². The normalized spacial score (nSPS) is 17.4. The highest BCUT2D eigenvalue weighted by Gasteiger charge is 2.19. The Bertz CT molecular complexity index is 972. The molecule has 1 unspecified atom stereocenters. The number of hydrogen-bond acceptors (Lipinski definition) is 4. The van der Waals surface area contributed by atoms with E-state index in [1.165, 1.54) is 17.4 Å². The van der Waals surface area contributed by atoms with Crippen LogP contribution in [0.3, 0.4) is 0 Å². The van der Waals surface area contributed by atoms with Gasteiger partial charge in [0.05, 0.1) is 25.5 Å².